The SMILES string of the molecule is CCN1CCC(CNCc2cc(OC)c(OC)cc2SC)C1. The number of nitrogens with zero attached hydrogens (tertiary/aromatic N) is 1. The number of methoxy groups -OCH3 is 2. The molecule has 1 aliphatic rings. The fraction of sp³-hybridized carbons (Fsp3) is 0.647. The molecule has 0 bridgehead atoms. The number of hydrogen-bond donors (Lipinski definition) is 1. The number of benzene rings is 1. The van der Waals surface area contributed by atoms with Crippen molar-refractivity contribution < 1.29 is 9.47 Å². The maximum Gasteiger partial charge on any atom is 0.161 e. The maximum absolute atomic E-state index is 5.42. The molecule has 1 aromatic rings. The summed E-state index contributed by atoms with van der Waals surface area (Å²) < 4.78 is 10.8. The summed E-state index contributed by atoms with van der Waals surface area (Å²) in [5.74, 6) is 2.37. The fourth-order valence-corrected chi connectivity index (χ4v) is 3.63. The van der Waals surface area contributed by atoms with E-state index in [2.05, 4.69) is 35.5 Å². The van der Waals surface area contributed by atoms with Gasteiger partial charge in [-0.15, -0.1) is 11.8 Å². The Labute approximate surface area is 138 Å². The van der Waals surface area contributed by atoms with Crippen molar-refractivity contribution in [3.63, 3.8) is 0 Å². The third-order valence-electron chi connectivity index (χ3n) is 4.35. The molecule has 1 atom stereocenters. The number of ether oxygens (including phenoxy) is 2. The van der Waals surface area contributed by atoms with Crippen LogP contribution in [0.1, 0.15) is 18.9 Å². The maximum atomic E-state index is 5.42. The smallest absolute Gasteiger partial charge is 0.161 e. The Balaban J connectivity index is 1.94. The third-order valence-corrected chi connectivity index (χ3v) is 5.17. The molecule has 0 aromatic heterocycles. The van der Waals surface area contributed by atoms with Crippen molar-refractivity contribution in [2.75, 3.05) is 46.7 Å². The Hall–Kier alpha value is -0.910. The molecule has 0 spiro atoms. The topological polar surface area (TPSA) is 33.7 Å². The van der Waals surface area contributed by atoms with Gasteiger partial charge < -0.3 is 19.7 Å². The molecule has 5 heteroatoms. The van der Waals surface area contributed by atoms with Crippen molar-refractivity contribution in [3.8, 4) is 11.5 Å². The van der Waals surface area contributed by atoms with E-state index in [1.165, 1.54) is 36.5 Å². The van der Waals surface area contributed by atoms with Crippen LogP contribution in [-0.4, -0.2) is 51.6 Å². The highest BCUT2D eigenvalue weighted by Crippen LogP contribution is 2.34. The van der Waals surface area contributed by atoms with Gasteiger partial charge >= 0.3 is 0 Å². The van der Waals surface area contributed by atoms with Gasteiger partial charge in [-0.3, -0.25) is 0 Å². The molecule has 0 radical (unpaired) electrons. The van der Waals surface area contributed by atoms with Crippen molar-refractivity contribution in [2.45, 2.75) is 24.8 Å². The molecule has 0 saturated carbocycles. The summed E-state index contributed by atoms with van der Waals surface area (Å²) in [4.78, 5) is 3.77. The molecule has 0 aliphatic carbocycles. The van der Waals surface area contributed by atoms with E-state index in [0.29, 0.717) is 0 Å². The Bertz CT molecular complexity index is 482. The lowest BCUT2D eigenvalue weighted by atomic mass is 10.1. The molecule has 4 nitrogen and oxygen atoms in total. The van der Waals surface area contributed by atoms with Gasteiger partial charge in [0.1, 0.15) is 0 Å². The summed E-state index contributed by atoms with van der Waals surface area (Å²) in [6, 6.07) is 4.15. The van der Waals surface area contributed by atoms with Crippen molar-refractivity contribution in [3.05, 3.63) is 17.7 Å². The van der Waals surface area contributed by atoms with Crippen molar-refractivity contribution >= 4 is 11.8 Å². The first-order valence-electron chi connectivity index (χ1n) is 7.93. The van der Waals surface area contributed by atoms with E-state index in [1.54, 1.807) is 26.0 Å². The zero-order valence-electron chi connectivity index (χ0n) is 14.1. The first kappa shape index (κ1) is 17.4. The van der Waals surface area contributed by atoms with Crippen LogP contribution in [0.15, 0.2) is 17.0 Å². The number of nitrogens with one attached hydrogen (secondary N) is 1. The molecule has 22 heavy (non-hydrogen) atoms. The Morgan fingerprint density at radius 1 is 1.27 bits per heavy atom. The summed E-state index contributed by atoms with van der Waals surface area (Å²) >= 11 is 1.75. The van der Waals surface area contributed by atoms with Gasteiger partial charge in [-0.1, -0.05) is 6.92 Å². The van der Waals surface area contributed by atoms with Crippen molar-refractivity contribution in [1.29, 1.82) is 0 Å². The summed E-state index contributed by atoms with van der Waals surface area (Å²) in [7, 11) is 3.37. The van der Waals surface area contributed by atoms with Gasteiger partial charge in [0.05, 0.1) is 14.2 Å². The lowest BCUT2D eigenvalue weighted by Gasteiger charge is -2.16. The zero-order valence-corrected chi connectivity index (χ0v) is 15.0. The Morgan fingerprint density at radius 2 is 2.00 bits per heavy atom. The van der Waals surface area contributed by atoms with Gasteiger partial charge in [0.25, 0.3) is 0 Å². The van der Waals surface area contributed by atoms with Gasteiger partial charge in [0.2, 0.25) is 0 Å². The van der Waals surface area contributed by atoms with E-state index >= 15 is 0 Å². The average Bonchev–Trinajstić information content (AvgIpc) is 3.02. The van der Waals surface area contributed by atoms with E-state index in [9.17, 15) is 0 Å². The molecule has 1 fully saturated rings. The predicted molar refractivity (Wildman–Crippen MR) is 93.3 cm³/mol. The van der Waals surface area contributed by atoms with Gasteiger partial charge in [-0.05, 0) is 55.9 Å². The van der Waals surface area contributed by atoms with Crippen LogP contribution >= 0.6 is 11.8 Å². The van der Waals surface area contributed by atoms with E-state index in [0.717, 1.165) is 30.5 Å². The predicted octanol–water partition coefficient (Wildman–Crippen LogP) is 2.86. The second-order valence-electron chi connectivity index (χ2n) is 5.70. The lowest BCUT2D eigenvalue weighted by Crippen LogP contribution is -2.26. The Kier molecular flexibility index (Phi) is 6.86. The standard InChI is InChI=1S/C17H28N2O2S/c1-5-19-7-6-13(12-19)10-18-11-14-8-15(20-2)16(21-3)9-17(14)22-4/h8-9,13,18H,5-7,10-12H2,1-4H3. The van der Waals surface area contributed by atoms with Gasteiger partial charge in [-0.2, -0.15) is 0 Å². The average molecular weight is 324 g/mol. The van der Waals surface area contributed by atoms with E-state index in [1.807, 2.05) is 0 Å². The van der Waals surface area contributed by atoms with Crippen LogP contribution in [0, 0.1) is 5.92 Å². The van der Waals surface area contributed by atoms with Crippen molar-refractivity contribution in [1.82, 2.24) is 10.2 Å². The molecular formula is C17H28N2O2S. The lowest BCUT2D eigenvalue weighted by molar-refractivity contribution is 0.338. The van der Waals surface area contributed by atoms with E-state index in [-0.39, 0.29) is 0 Å². The molecule has 124 valence electrons. The molecule has 1 unspecified atom stereocenters. The highest BCUT2D eigenvalue weighted by molar-refractivity contribution is 7.98. The zero-order chi connectivity index (χ0) is 15.9. The highest BCUT2D eigenvalue weighted by atomic mass is 32.2. The molecule has 1 aliphatic heterocycles. The first-order valence-corrected chi connectivity index (χ1v) is 9.16. The van der Waals surface area contributed by atoms with Crippen LogP contribution in [0.5, 0.6) is 11.5 Å². The third kappa shape index (κ3) is 4.31. The molecule has 0 amide bonds. The van der Waals surface area contributed by atoms with Crippen LogP contribution in [0.25, 0.3) is 0 Å². The molecule has 1 heterocycles. The van der Waals surface area contributed by atoms with Crippen LogP contribution < -0.4 is 14.8 Å². The van der Waals surface area contributed by atoms with E-state index < -0.39 is 0 Å². The van der Waals surface area contributed by atoms with E-state index in [4.69, 9.17) is 9.47 Å². The van der Waals surface area contributed by atoms with Crippen LogP contribution in [0.2, 0.25) is 0 Å². The molecular weight excluding hydrogens is 296 g/mol. The van der Waals surface area contributed by atoms with Crippen LogP contribution in [-0.2, 0) is 6.54 Å². The number of thioether (sulfide) groups is 1. The number of hydrogen-bond acceptors (Lipinski definition) is 5. The minimum atomic E-state index is 0.776. The summed E-state index contributed by atoms with van der Waals surface area (Å²) in [6.07, 6.45) is 3.41. The number of rotatable bonds is 8. The second kappa shape index (κ2) is 8.65. The second-order valence-corrected chi connectivity index (χ2v) is 6.55. The van der Waals surface area contributed by atoms with Crippen LogP contribution in [0.4, 0.5) is 0 Å². The summed E-state index contributed by atoms with van der Waals surface area (Å²) in [5.41, 5.74) is 1.27. The summed E-state index contributed by atoms with van der Waals surface area (Å²) in [6.45, 7) is 7.84. The monoisotopic (exact) mass is 324 g/mol. The minimum absolute atomic E-state index is 0.776. The minimum Gasteiger partial charge on any atom is -0.493 e. The van der Waals surface area contributed by atoms with Gasteiger partial charge in [0.15, 0.2) is 11.5 Å². The van der Waals surface area contributed by atoms with Crippen molar-refractivity contribution in [2.24, 2.45) is 5.92 Å². The highest BCUT2D eigenvalue weighted by Gasteiger charge is 2.20. The largest absolute Gasteiger partial charge is 0.493 e. The summed E-state index contributed by atoms with van der Waals surface area (Å²) in [5, 5.41) is 3.62. The fourth-order valence-electron chi connectivity index (χ4n) is 3.01. The van der Waals surface area contributed by atoms with Gasteiger partial charge in [0, 0.05) is 18.0 Å². The quantitative estimate of drug-likeness (QED) is 0.744. The molecule has 1 saturated heterocycles. The molecule has 1 N–H and O–H groups in total. The molecule has 2 rings (SSSR count). The molecule has 1 aromatic carbocycles. The normalized spacial score (nSPS) is 18.6. The Morgan fingerprint density at radius 3 is 2.59 bits per heavy atom. The number of likely N-dealkylation sites (tertiary alicyclic amines) is 1. The first-order chi connectivity index (χ1) is 10.7. The van der Waals surface area contributed by atoms with Crippen LogP contribution in [0.3, 0.4) is 0 Å². The van der Waals surface area contributed by atoms with Gasteiger partial charge in [-0.25, -0.2) is 0 Å².